The minimum Gasteiger partial charge on any atom is -0.432 e. The maximum Gasteiger partial charge on any atom is 0.387 e. The lowest BCUT2D eigenvalue weighted by molar-refractivity contribution is -0.192. The number of pyridine rings is 1. The number of nitrogens with zero attached hydrogens (tertiary/aromatic N) is 1. The van der Waals surface area contributed by atoms with Gasteiger partial charge in [0.15, 0.2) is 10.9 Å². The molecular formula is C16H18ClF4NO2. The first-order valence-corrected chi connectivity index (χ1v) is 8.28. The van der Waals surface area contributed by atoms with Gasteiger partial charge >= 0.3 is 6.61 Å². The fourth-order valence-corrected chi connectivity index (χ4v) is 4.38. The van der Waals surface area contributed by atoms with Crippen LogP contribution in [0.15, 0.2) is 12.1 Å². The van der Waals surface area contributed by atoms with E-state index in [1.54, 1.807) is 0 Å². The Morgan fingerprint density at radius 2 is 1.88 bits per heavy atom. The van der Waals surface area contributed by atoms with Gasteiger partial charge in [-0.15, -0.1) is 0 Å². The standard InChI is InChI=1S/C16H18ClF4NO2/c17-12-11(24-14(18)19)4-3-10(22-12)9-7-15(5-1-2-6-15)13(23)16(20,21)8-9/h3-4,9,13-14,23H,1-2,5-8H2. The van der Waals surface area contributed by atoms with Gasteiger partial charge in [0.05, 0.1) is 0 Å². The van der Waals surface area contributed by atoms with Crippen molar-refractivity contribution in [1.29, 1.82) is 0 Å². The predicted molar refractivity (Wildman–Crippen MR) is 79.7 cm³/mol. The Bertz CT molecular complexity index is 608. The fraction of sp³-hybridized carbons (Fsp3) is 0.688. The van der Waals surface area contributed by atoms with Crippen LogP contribution >= 0.6 is 11.6 Å². The highest BCUT2D eigenvalue weighted by Crippen LogP contribution is 2.57. The summed E-state index contributed by atoms with van der Waals surface area (Å²) in [6.45, 7) is -3.04. The predicted octanol–water partition coefficient (Wildman–Crippen LogP) is 4.77. The monoisotopic (exact) mass is 367 g/mol. The normalized spacial score (nSPS) is 28.5. The molecule has 1 N–H and O–H groups in total. The van der Waals surface area contributed by atoms with Crippen LogP contribution in [-0.2, 0) is 0 Å². The van der Waals surface area contributed by atoms with Crippen LogP contribution in [0, 0.1) is 5.41 Å². The number of rotatable bonds is 3. The third-order valence-electron chi connectivity index (χ3n) is 5.22. The summed E-state index contributed by atoms with van der Waals surface area (Å²) >= 11 is 5.84. The van der Waals surface area contributed by atoms with Crippen LogP contribution in [0.2, 0.25) is 5.15 Å². The quantitative estimate of drug-likeness (QED) is 0.618. The molecule has 1 aromatic rings. The first kappa shape index (κ1) is 17.7. The van der Waals surface area contributed by atoms with Gasteiger partial charge in [-0.2, -0.15) is 8.78 Å². The zero-order valence-electron chi connectivity index (χ0n) is 12.8. The molecule has 0 saturated heterocycles. The molecule has 134 valence electrons. The Morgan fingerprint density at radius 3 is 2.46 bits per heavy atom. The second-order valence-corrected chi connectivity index (χ2v) is 7.10. The van der Waals surface area contributed by atoms with Crippen LogP contribution < -0.4 is 4.74 Å². The van der Waals surface area contributed by atoms with Gasteiger partial charge in [-0.05, 0) is 31.4 Å². The molecule has 2 saturated carbocycles. The van der Waals surface area contributed by atoms with Crippen molar-refractivity contribution in [3.8, 4) is 5.75 Å². The van der Waals surface area contributed by atoms with Crippen LogP contribution in [0.5, 0.6) is 5.75 Å². The van der Waals surface area contributed by atoms with Crippen molar-refractivity contribution in [2.24, 2.45) is 5.41 Å². The van der Waals surface area contributed by atoms with Gasteiger partial charge in [0.2, 0.25) is 0 Å². The van der Waals surface area contributed by atoms with Crippen LogP contribution in [0.4, 0.5) is 17.6 Å². The molecule has 2 fully saturated rings. The first-order chi connectivity index (χ1) is 11.2. The highest BCUT2D eigenvalue weighted by molar-refractivity contribution is 6.30. The van der Waals surface area contributed by atoms with Gasteiger partial charge in [-0.3, -0.25) is 0 Å². The second-order valence-electron chi connectivity index (χ2n) is 6.74. The maximum absolute atomic E-state index is 14.3. The Morgan fingerprint density at radius 1 is 1.21 bits per heavy atom. The molecule has 1 aromatic heterocycles. The van der Waals surface area contributed by atoms with Crippen LogP contribution in [-0.4, -0.2) is 28.7 Å². The van der Waals surface area contributed by atoms with Crippen molar-refractivity contribution in [2.75, 3.05) is 0 Å². The Hall–Kier alpha value is -1.08. The zero-order chi connectivity index (χ0) is 17.5. The van der Waals surface area contributed by atoms with Gasteiger partial charge in [0, 0.05) is 23.4 Å². The molecule has 0 bridgehead atoms. The molecule has 1 spiro atoms. The van der Waals surface area contributed by atoms with E-state index in [9.17, 15) is 22.7 Å². The number of aliphatic hydroxyl groups excluding tert-OH is 1. The van der Waals surface area contributed by atoms with Crippen LogP contribution in [0.25, 0.3) is 0 Å². The smallest absolute Gasteiger partial charge is 0.387 e. The summed E-state index contributed by atoms with van der Waals surface area (Å²) in [5.41, 5.74) is -0.488. The largest absolute Gasteiger partial charge is 0.432 e. The van der Waals surface area contributed by atoms with E-state index in [0.717, 1.165) is 12.8 Å². The van der Waals surface area contributed by atoms with Crippen molar-refractivity contribution < 1.29 is 27.4 Å². The van der Waals surface area contributed by atoms with Gasteiger partial charge in [-0.1, -0.05) is 24.4 Å². The highest BCUT2D eigenvalue weighted by Gasteiger charge is 2.58. The van der Waals surface area contributed by atoms with E-state index in [4.69, 9.17) is 11.6 Å². The molecule has 0 radical (unpaired) electrons. The van der Waals surface area contributed by atoms with E-state index >= 15 is 0 Å². The van der Waals surface area contributed by atoms with Gasteiger partial charge in [0.25, 0.3) is 5.92 Å². The van der Waals surface area contributed by atoms with E-state index in [2.05, 4.69) is 9.72 Å². The second kappa shape index (κ2) is 6.33. The number of aromatic nitrogens is 1. The first-order valence-electron chi connectivity index (χ1n) is 7.91. The van der Waals surface area contributed by atoms with E-state index < -0.39 is 36.4 Å². The van der Waals surface area contributed by atoms with Gasteiger partial charge < -0.3 is 9.84 Å². The van der Waals surface area contributed by atoms with Crippen LogP contribution in [0.3, 0.4) is 0 Å². The minimum atomic E-state index is -3.21. The van der Waals surface area contributed by atoms with Crippen molar-refractivity contribution in [3.05, 3.63) is 23.0 Å². The lowest BCUT2D eigenvalue weighted by Gasteiger charge is -2.46. The molecule has 2 unspecified atom stereocenters. The van der Waals surface area contributed by atoms with E-state index in [1.807, 2.05) is 0 Å². The average Bonchev–Trinajstić information content (AvgIpc) is 2.95. The molecule has 3 rings (SSSR count). The summed E-state index contributed by atoms with van der Waals surface area (Å²) in [6.07, 6.45) is 0.947. The number of aliphatic hydroxyl groups is 1. The summed E-state index contributed by atoms with van der Waals surface area (Å²) < 4.78 is 57.4. The van der Waals surface area contributed by atoms with Gasteiger partial charge in [0.1, 0.15) is 6.10 Å². The zero-order valence-corrected chi connectivity index (χ0v) is 13.6. The van der Waals surface area contributed by atoms with E-state index in [-0.39, 0.29) is 10.9 Å². The molecule has 2 aliphatic carbocycles. The molecule has 3 nitrogen and oxygen atoms in total. The Balaban J connectivity index is 1.87. The maximum atomic E-state index is 14.3. The Kier molecular flexibility index (Phi) is 4.68. The molecule has 2 atom stereocenters. The molecule has 0 aromatic carbocycles. The average molecular weight is 368 g/mol. The number of alkyl halides is 4. The molecule has 0 aliphatic heterocycles. The summed E-state index contributed by atoms with van der Waals surface area (Å²) in [5, 5.41) is 9.87. The summed E-state index contributed by atoms with van der Waals surface area (Å²) in [4.78, 5) is 3.99. The molecule has 8 heteroatoms. The third kappa shape index (κ3) is 3.20. The summed E-state index contributed by atoms with van der Waals surface area (Å²) in [5.74, 6) is -4.08. The topological polar surface area (TPSA) is 42.4 Å². The molecule has 2 aliphatic rings. The van der Waals surface area contributed by atoms with Crippen molar-refractivity contribution >= 4 is 11.6 Å². The Labute approximate surface area is 142 Å². The van der Waals surface area contributed by atoms with Gasteiger partial charge in [-0.25, -0.2) is 13.8 Å². The fourth-order valence-electron chi connectivity index (χ4n) is 4.18. The third-order valence-corrected chi connectivity index (χ3v) is 5.49. The highest BCUT2D eigenvalue weighted by atomic mass is 35.5. The van der Waals surface area contributed by atoms with Crippen molar-refractivity contribution in [1.82, 2.24) is 4.98 Å². The van der Waals surface area contributed by atoms with E-state index in [1.165, 1.54) is 12.1 Å². The van der Waals surface area contributed by atoms with E-state index in [0.29, 0.717) is 25.0 Å². The van der Waals surface area contributed by atoms with Crippen LogP contribution in [0.1, 0.15) is 50.1 Å². The molecular weight excluding hydrogens is 350 g/mol. The number of ether oxygens (including phenoxy) is 1. The van der Waals surface area contributed by atoms with Crippen molar-refractivity contribution in [2.45, 2.75) is 63.1 Å². The number of hydrogen-bond acceptors (Lipinski definition) is 3. The minimum absolute atomic E-state index is 0.275. The SMILES string of the molecule is OC1C(F)(F)CC(c2ccc(OC(F)F)c(Cl)n2)CC12CCCC2. The van der Waals surface area contributed by atoms with Crippen molar-refractivity contribution in [3.63, 3.8) is 0 Å². The molecule has 24 heavy (non-hydrogen) atoms. The lowest BCUT2D eigenvalue weighted by atomic mass is 9.64. The number of hydrogen-bond donors (Lipinski definition) is 1. The summed E-state index contributed by atoms with van der Waals surface area (Å²) in [7, 11) is 0. The summed E-state index contributed by atoms with van der Waals surface area (Å²) in [6, 6.07) is 2.62. The molecule has 0 amide bonds. The number of halogens is 5. The lowest BCUT2D eigenvalue weighted by Crippen LogP contribution is -2.51. The molecule has 1 heterocycles.